The number of aryl methyl sites for hydroxylation is 1. The van der Waals surface area contributed by atoms with Crippen LogP contribution in [0.15, 0.2) is 102 Å². The van der Waals surface area contributed by atoms with Gasteiger partial charge >= 0.3 is 0 Å². The van der Waals surface area contributed by atoms with Gasteiger partial charge in [0.1, 0.15) is 23.0 Å². The van der Waals surface area contributed by atoms with Gasteiger partial charge in [0, 0.05) is 46.2 Å². The summed E-state index contributed by atoms with van der Waals surface area (Å²) in [5, 5.41) is 2.43. The molecule has 0 fully saturated rings. The number of amidine groups is 1. The summed E-state index contributed by atoms with van der Waals surface area (Å²) in [6.45, 7) is 43.0. The molecular formula is C65H80N4O. The van der Waals surface area contributed by atoms with E-state index in [1.54, 1.807) is 0 Å². The van der Waals surface area contributed by atoms with Gasteiger partial charge in [-0.2, -0.15) is 0 Å². The number of aliphatic imine (C=N–C) groups is 1. The average molecular weight is 933 g/mol. The van der Waals surface area contributed by atoms with Crippen LogP contribution in [0.4, 0.5) is 5.69 Å². The van der Waals surface area contributed by atoms with E-state index in [4.69, 9.17) is 14.7 Å². The van der Waals surface area contributed by atoms with Crippen molar-refractivity contribution in [2.24, 2.45) is 22.7 Å². The number of hydrogen-bond donors (Lipinski definition) is 0. The van der Waals surface area contributed by atoms with Gasteiger partial charge in [0.2, 0.25) is 0 Å². The molecule has 0 saturated carbocycles. The van der Waals surface area contributed by atoms with Crippen molar-refractivity contribution >= 4 is 33.5 Å². The van der Waals surface area contributed by atoms with E-state index in [1.165, 1.54) is 72.0 Å². The molecule has 4 heterocycles. The van der Waals surface area contributed by atoms with Crippen LogP contribution in [0, 0.1) is 24.7 Å². The van der Waals surface area contributed by atoms with Gasteiger partial charge in [0.25, 0.3) is 0 Å². The second-order valence-electron chi connectivity index (χ2n) is 24.4. The molecule has 5 aromatic carbocycles. The van der Waals surface area contributed by atoms with Crippen LogP contribution >= 0.6 is 0 Å². The molecule has 2 aromatic heterocycles. The topological polar surface area (TPSA) is 42.6 Å². The Labute approximate surface area is 420 Å². The minimum Gasteiger partial charge on any atom is -0.457 e. The Morgan fingerprint density at radius 1 is 0.643 bits per heavy atom. The third-order valence-corrected chi connectivity index (χ3v) is 15.9. The molecule has 9 rings (SSSR count). The van der Waals surface area contributed by atoms with E-state index in [9.17, 15) is 0 Å². The lowest BCUT2D eigenvalue weighted by Gasteiger charge is -2.36. The number of aromatic nitrogens is 2. The van der Waals surface area contributed by atoms with Gasteiger partial charge in [-0.15, -0.1) is 0 Å². The third-order valence-electron chi connectivity index (χ3n) is 15.9. The van der Waals surface area contributed by atoms with Gasteiger partial charge in [0.15, 0.2) is 0 Å². The number of pyridine rings is 1. The van der Waals surface area contributed by atoms with E-state index in [1.807, 2.05) is 6.20 Å². The van der Waals surface area contributed by atoms with E-state index in [-0.39, 0.29) is 16.9 Å². The molecule has 0 aliphatic carbocycles. The maximum atomic E-state index is 7.45. The molecule has 0 unspecified atom stereocenters. The fourth-order valence-corrected chi connectivity index (χ4v) is 12.3. The summed E-state index contributed by atoms with van der Waals surface area (Å²) in [4.78, 5) is 13.6. The fourth-order valence-electron chi connectivity index (χ4n) is 12.3. The Kier molecular flexibility index (Phi) is 12.8. The van der Waals surface area contributed by atoms with E-state index in [0.717, 1.165) is 46.3 Å². The van der Waals surface area contributed by atoms with Crippen LogP contribution < -0.4 is 9.64 Å². The van der Waals surface area contributed by atoms with Crippen LogP contribution in [0.1, 0.15) is 191 Å². The predicted molar refractivity (Wildman–Crippen MR) is 300 cm³/mol. The van der Waals surface area contributed by atoms with E-state index in [2.05, 4.69) is 225 Å². The maximum absolute atomic E-state index is 7.45. The molecular weight excluding hydrogens is 853 g/mol. The summed E-state index contributed by atoms with van der Waals surface area (Å²) in [6, 6.07) is 34.9. The number of anilines is 1. The molecule has 7 aromatic rings. The van der Waals surface area contributed by atoms with Crippen molar-refractivity contribution in [3.63, 3.8) is 0 Å². The van der Waals surface area contributed by atoms with Gasteiger partial charge in [-0.1, -0.05) is 160 Å². The molecule has 366 valence electrons. The number of rotatable bonds is 12. The van der Waals surface area contributed by atoms with Crippen molar-refractivity contribution < 1.29 is 4.74 Å². The number of hydrogen-bond acceptors (Lipinski definition) is 4. The first-order valence-electron chi connectivity index (χ1n) is 26.5. The van der Waals surface area contributed by atoms with E-state index >= 15 is 0 Å². The molecule has 2 aliphatic rings. The lowest BCUT2D eigenvalue weighted by atomic mass is 9.72. The van der Waals surface area contributed by atoms with Crippen molar-refractivity contribution in [2.45, 2.75) is 165 Å². The minimum atomic E-state index is -0.269. The van der Waals surface area contributed by atoms with Gasteiger partial charge in [-0.3, -0.25) is 9.56 Å². The highest BCUT2D eigenvalue weighted by Crippen LogP contribution is 2.51. The molecule has 0 radical (unpaired) electrons. The number of para-hydroxylation sites is 1. The second kappa shape index (κ2) is 18.2. The van der Waals surface area contributed by atoms with Crippen LogP contribution in [0.25, 0.3) is 38.8 Å². The van der Waals surface area contributed by atoms with Crippen molar-refractivity contribution in [2.75, 3.05) is 11.4 Å². The van der Waals surface area contributed by atoms with E-state index < -0.39 is 0 Å². The summed E-state index contributed by atoms with van der Waals surface area (Å²) >= 11 is 0. The maximum Gasteiger partial charge on any atom is 0.145 e. The Morgan fingerprint density at radius 3 is 1.80 bits per heavy atom. The summed E-state index contributed by atoms with van der Waals surface area (Å²) in [7, 11) is 0. The van der Waals surface area contributed by atoms with Crippen LogP contribution in [-0.4, -0.2) is 28.0 Å². The summed E-state index contributed by atoms with van der Waals surface area (Å²) < 4.78 is 9.87. The van der Waals surface area contributed by atoms with Crippen molar-refractivity contribution in [3.8, 4) is 28.3 Å². The van der Waals surface area contributed by atoms with Gasteiger partial charge in [0.05, 0.1) is 17.2 Å². The normalized spacial score (nSPS) is 15.9. The van der Waals surface area contributed by atoms with Crippen LogP contribution in [-0.2, 0) is 10.8 Å². The lowest BCUT2D eigenvalue weighted by molar-refractivity contribution is 0.247. The number of nitrogens with zero attached hydrogens (tertiary/aromatic N) is 4. The SMILES string of the molecule is Cc1cc2c(cc1Oc1cc(C3=N[C@H](C(C(C)C)C(C)C)CN3c3c(C(C)C)cccc3C(C)C)cc(-c3c(C(C)C)cccc3C(C)C)c1)-n1c3ncccc3c3cc(C(C)(C)C)cc(c31)C2(C)C. The summed E-state index contributed by atoms with van der Waals surface area (Å²) in [6.07, 6.45) is 1.93. The quantitative estimate of drug-likeness (QED) is 0.123. The first-order chi connectivity index (χ1) is 33.0. The highest BCUT2D eigenvalue weighted by atomic mass is 16.5. The Morgan fingerprint density at radius 2 is 1.23 bits per heavy atom. The monoisotopic (exact) mass is 933 g/mol. The highest BCUT2D eigenvalue weighted by Gasteiger charge is 2.40. The van der Waals surface area contributed by atoms with Crippen molar-refractivity contribution in [1.82, 2.24) is 9.55 Å². The molecule has 5 heteroatoms. The molecule has 70 heavy (non-hydrogen) atoms. The van der Waals surface area contributed by atoms with Crippen molar-refractivity contribution in [3.05, 3.63) is 147 Å². The smallest absolute Gasteiger partial charge is 0.145 e. The Balaban J connectivity index is 1.30. The van der Waals surface area contributed by atoms with Gasteiger partial charge < -0.3 is 9.64 Å². The zero-order valence-corrected chi connectivity index (χ0v) is 45.8. The molecule has 0 bridgehead atoms. The summed E-state index contributed by atoms with van der Waals surface area (Å²) in [5.41, 5.74) is 18.4. The molecule has 5 nitrogen and oxygen atoms in total. The molecule has 0 amide bonds. The molecule has 0 N–H and O–H groups in total. The highest BCUT2D eigenvalue weighted by molar-refractivity contribution is 6.13. The number of fused-ring (bicyclic) bond motifs is 5. The van der Waals surface area contributed by atoms with Crippen LogP contribution in [0.3, 0.4) is 0 Å². The standard InChI is InChI=1S/C65H80N4O/c1-36(2)47-22-19-23-48(37(3)4)59(47)43-29-44(62-67-55(58(40(9)10)41(11)12)35-68(62)60-49(38(5)6)24-20-25-50(60)39(7)8)31-46(30-43)70-57-34-56-53(28-42(57)13)65(17,18)54-33-45(64(14,15)16)32-52-51-26-21-27-66-63(51)69(56)61(52)54/h19-34,36-41,55,58H,35H2,1-18H3/t55-/m0/s1. The Bertz CT molecular complexity index is 3100. The van der Waals surface area contributed by atoms with E-state index in [0.29, 0.717) is 41.4 Å². The largest absolute Gasteiger partial charge is 0.457 e. The summed E-state index contributed by atoms with van der Waals surface area (Å²) in [5.74, 6) is 5.40. The fraction of sp³-hybridized carbons (Fsp3) is 0.446. The third kappa shape index (κ3) is 8.37. The lowest BCUT2D eigenvalue weighted by Crippen LogP contribution is -2.36. The first kappa shape index (κ1) is 49.3. The average Bonchev–Trinajstić information content (AvgIpc) is 3.87. The van der Waals surface area contributed by atoms with Crippen molar-refractivity contribution in [1.29, 1.82) is 0 Å². The van der Waals surface area contributed by atoms with Crippen LogP contribution in [0.2, 0.25) is 0 Å². The zero-order valence-electron chi connectivity index (χ0n) is 45.8. The molecule has 1 atom stereocenters. The zero-order chi connectivity index (χ0) is 50.5. The van der Waals surface area contributed by atoms with Gasteiger partial charge in [-0.25, -0.2) is 4.98 Å². The molecule has 0 spiro atoms. The number of benzene rings is 5. The molecule has 2 aliphatic heterocycles. The van der Waals surface area contributed by atoms with Crippen LogP contribution in [0.5, 0.6) is 11.5 Å². The minimum absolute atomic E-state index is 0.00854. The first-order valence-corrected chi connectivity index (χ1v) is 26.5. The second-order valence-corrected chi connectivity index (χ2v) is 24.4. The van der Waals surface area contributed by atoms with Gasteiger partial charge in [-0.05, 0) is 152 Å². The Hall–Kier alpha value is -5.68. The number of ether oxygens (including phenoxy) is 1. The molecule has 0 saturated heterocycles. The predicted octanol–water partition coefficient (Wildman–Crippen LogP) is 17.9.